The fourth-order valence-corrected chi connectivity index (χ4v) is 3.88. The molecule has 1 heterocycles. The van der Waals surface area contributed by atoms with Gasteiger partial charge in [-0.1, -0.05) is 12.2 Å². The molecular weight excluding hydrogens is 308 g/mol. The van der Waals surface area contributed by atoms with Gasteiger partial charge in [-0.2, -0.15) is 0 Å². The van der Waals surface area contributed by atoms with Crippen molar-refractivity contribution in [2.75, 3.05) is 31.7 Å². The first-order valence-electron chi connectivity index (χ1n) is 6.81. The molecule has 1 saturated heterocycles. The van der Waals surface area contributed by atoms with Crippen molar-refractivity contribution in [1.82, 2.24) is 4.90 Å². The van der Waals surface area contributed by atoms with Gasteiger partial charge in [-0.25, -0.2) is 8.42 Å². The Hall–Kier alpha value is -1.18. The van der Waals surface area contributed by atoms with E-state index in [0.29, 0.717) is 24.5 Å². The Balaban J connectivity index is 2.18. The van der Waals surface area contributed by atoms with Crippen molar-refractivity contribution in [2.45, 2.75) is 13.0 Å². The molecule has 1 aliphatic rings. The van der Waals surface area contributed by atoms with Gasteiger partial charge >= 0.3 is 0 Å². The molecule has 0 aromatic heterocycles. The number of benzene rings is 1. The van der Waals surface area contributed by atoms with Crippen LogP contribution in [-0.4, -0.2) is 50.0 Å². The van der Waals surface area contributed by atoms with E-state index in [-0.39, 0.29) is 11.5 Å². The van der Waals surface area contributed by atoms with Crippen LogP contribution in [0.15, 0.2) is 18.2 Å². The Labute approximate surface area is 131 Å². The van der Waals surface area contributed by atoms with Crippen LogP contribution in [0.3, 0.4) is 0 Å². The molecule has 0 bridgehead atoms. The van der Waals surface area contributed by atoms with Gasteiger partial charge < -0.3 is 10.5 Å². The fourth-order valence-electron chi connectivity index (χ4n) is 2.44. The topological polar surface area (TPSA) is 72.6 Å². The van der Waals surface area contributed by atoms with Gasteiger partial charge in [0, 0.05) is 24.2 Å². The summed E-state index contributed by atoms with van der Waals surface area (Å²) in [5.41, 5.74) is 7.43. The Kier molecular flexibility index (Phi) is 5.18. The SMILES string of the molecule is COc1ccc(C(N)=S)cc1CN1CCCS(=O)(=O)CC1. The van der Waals surface area contributed by atoms with Gasteiger partial charge in [-0.15, -0.1) is 0 Å². The number of thiocarbonyl (C=S) groups is 1. The van der Waals surface area contributed by atoms with Crippen molar-refractivity contribution < 1.29 is 13.2 Å². The fraction of sp³-hybridized carbons (Fsp3) is 0.500. The van der Waals surface area contributed by atoms with Gasteiger partial charge in [-0.05, 0) is 31.2 Å². The second-order valence-electron chi connectivity index (χ2n) is 5.17. The average molecular weight is 328 g/mol. The van der Waals surface area contributed by atoms with Gasteiger partial charge in [-0.3, -0.25) is 4.90 Å². The van der Waals surface area contributed by atoms with Gasteiger partial charge in [0.1, 0.15) is 10.7 Å². The lowest BCUT2D eigenvalue weighted by Gasteiger charge is -2.21. The maximum absolute atomic E-state index is 11.7. The third kappa shape index (κ3) is 4.39. The Morgan fingerprint density at radius 3 is 2.81 bits per heavy atom. The largest absolute Gasteiger partial charge is 0.496 e. The highest BCUT2D eigenvalue weighted by Crippen LogP contribution is 2.22. The first-order chi connectivity index (χ1) is 9.91. The Bertz CT molecular complexity index is 629. The highest BCUT2D eigenvalue weighted by molar-refractivity contribution is 7.91. The normalized spacial score (nSPS) is 18.9. The zero-order valence-electron chi connectivity index (χ0n) is 12.0. The molecule has 0 radical (unpaired) electrons. The van der Waals surface area contributed by atoms with Crippen LogP contribution in [0, 0.1) is 0 Å². The molecule has 1 fully saturated rings. The monoisotopic (exact) mass is 328 g/mol. The molecule has 0 atom stereocenters. The molecule has 0 amide bonds. The lowest BCUT2D eigenvalue weighted by Crippen LogP contribution is -2.27. The second kappa shape index (κ2) is 6.72. The average Bonchev–Trinajstić information content (AvgIpc) is 2.60. The van der Waals surface area contributed by atoms with Crippen LogP contribution in [-0.2, 0) is 16.4 Å². The predicted molar refractivity (Wildman–Crippen MR) is 87.4 cm³/mol. The van der Waals surface area contributed by atoms with E-state index >= 15 is 0 Å². The highest BCUT2D eigenvalue weighted by Gasteiger charge is 2.20. The van der Waals surface area contributed by atoms with Gasteiger partial charge in [0.15, 0.2) is 9.84 Å². The molecule has 1 aliphatic heterocycles. The summed E-state index contributed by atoms with van der Waals surface area (Å²) in [5.74, 6) is 1.25. The van der Waals surface area contributed by atoms with E-state index in [9.17, 15) is 8.42 Å². The molecule has 116 valence electrons. The molecule has 7 heteroatoms. The molecule has 0 unspecified atom stereocenters. The summed E-state index contributed by atoms with van der Waals surface area (Å²) in [7, 11) is -1.28. The van der Waals surface area contributed by atoms with E-state index in [0.717, 1.165) is 23.4 Å². The molecule has 1 aromatic rings. The maximum atomic E-state index is 11.7. The minimum atomic E-state index is -2.90. The Morgan fingerprint density at radius 2 is 2.14 bits per heavy atom. The standard InChI is InChI=1S/C14H20N2O3S2/c1-19-13-4-3-11(14(15)20)9-12(13)10-16-5-2-7-21(17,18)8-6-16/h3-4,9H,2,5-8,10H2,1H3,(H2,15,20). The zero-order chi connectivity index (χ0) is 15.5. The minimum absolute atomic E-state index is 0.213. The molecule has 0 aliphatic carbocycles. The summed E-state index contributed by atoms with van der Waals surface area (Å²) in [6.07, 6.45) is 0.666. The third-order valence-corrected chi connectivity index (χ3v) is 5.56. The van der Waals surface area contributed by atoms with Crippen molar-refractivity contribution in [1.29, 1.82) is 0 Å². The lowest BCUT2D eigenvalue weighted by atomic mass is 10.1. The third-order valence-electron chi connectivity index (χ3n) is 3.61. The molecule has 0 saturated carbocycles. The first-order valence-corrected chi connectivity index (χ1v) is 9.04. The molecule has 21 heavy (non-hydrogen) atoms. The summed E-state index contributed by atoms with van der Waals surface area (Å²) in [5, 5.41) is 0. The predicted octanol–water partition coefficient (Wildman–Crippen LogP) is 0.950. The number of hydrogen-bond donors (Lipinski definition) is 1. The van der Waals surface area contributed by atoms with Crippen molar-refractivity contribution in [3.8, 4) is 5.75 Å². The van der Waals surface area contributed by atoms with Crippen LogP contribution in [0.5, 0.6) is 5.75 Å². The van der Waals surface area contributed by atoms with Crippen molar-refractivity contribution in [2.24, 2.45) is 5.73 Å². The molecule has 2 rings (SSSR count). The number of methoxy groups -OCH3 is 1. The highest BCUT2D eigenvalue weighted by atomic mass is 32.2. The number of nitrogens with zero attached hydrogens (tertiary/aromatic N) is 1. The van der Waals surface area contributed by atoms with E-state index in [1.165, 1.54) is 0 Å². The molecule has 5 nitrogen and oxygen atoms in total. The van der Waals surface area contributed by atoms with Crippen LogP contribution in [0.4, 0.5) is 0 Å². The van der Waals surface area contributed by atoms with Gasteiger partial charge in [0.25, 0.3) is 0 Å². The molecular formula is C14H20N2O3S2. The number of rotatable bonds is 4. The second-order valence-corrected chi connectivity index (χ2v) is 7.92. The van der Waals surface area contributed by atoms with Crippen LogP contribution < -0.4 is 10.5 Å². The summed E-state index contributed by atoms with van der Waals surface area (Å²) in [6, 6.07) is 5.59. The van der Waals surface area contributed by atoms with E-state index in [2.05, 4.69) is 4.90 Å². The lowest BCUT2D eigenvalue weighted by molar-refractivity contribution is 0.281. The maximum Gasteiger partial charge on any atom is 0.151 e. The van der Waals surface area contributed by atoms with Crippen LogP contribution in [0.2, 0.25) is 0 Å². The quantitative estimate of drug-likeness (QED) is 0.830. The van der Waals surface area contributed by atoms with E-state index in [1.54, 1.807) is 7.11 Å². The van der Waals surface area contributed by atoms with E-state index in [1.807, 2.05) is 18.2 Å². The number of ether oxygens (including phenoxy) is 1. The van der Waals surface area contributed by atoms with Gasteiger partial charge in [0.05, 0.1) is 18.6 Å². The summed E-state index contributed by atoms with van der Waals surface area (Å²) >= 11 is 5.00. The van der Waals surface area contributed by atoms with Crippen LogP contribution >= 0.6 is 12.2 Å². The van der Waals surface area contributed by atoms with Crippen molar-refractivity contribution >= 4 is 27.0 Å². The first kappa shape index (κ1) is 16.2. The van der Waals surface area contributed by atoms with E-state index < -0.39 is 9.84 Å². The number of hydrogen-bond acceptors (Lipinski definition) is 5. The zero-order valence-corrected chi connectivity index (χ0v) is 13.7. The van der Waals surface area contributed by atoms with Gasteiger partial charge in [0.2, 0.25) is 0 Å². The smallest absolute Gasteiger partial charge is 0.151 e. The summed E-state index contributed by atoms with van der Waals surface area (Å²) in [4.78, 5) is 2.48. The molecule has 0 spiro atoms. The minimum Gasteiger partial charge on any atom is -0.496 e. The molecule has 2 N–H and O–H groups in total. The summed E-state index contributed by atoms with van der Waals surface area (Å²) < 4.78 is 28.7. The molecule has 1 aromatic carbocycles. The number of sulfone groups is 1. The van der Waals surface area contributed by atoms with Crippen molar-refractivity contribution in [3.05, 3.63) is 29.3 Å². The van der Waals surface area contributed by atoms with Crippen LogP contribution in [0.25, 0.3) is 0 Å². The van der Waals surface area contributed by atoms with Crippen molar-refractivity contribution in [3.63, 3.8) is 0 Å². The van der Waals surface area contributed by atoms with Crippen LogP contribution in [0.1, 0.15) is 17.5 Å². The summed E-state index contributed by atoms with van der Waals surface area (Å²) in [6.45, 7) is 1.94. The number of nitrogens with two attached hydrogens (primary N) is 1. The van der Waals surface area contributed by atoms with E-state index in [4.69, 9.17) is 22.7 Å². The Morgan fingerprint density at radius 1 is 1.38 bits per heavy atom.